The van der Waals surface area contributed by atoms with Crippen molar-refractivity contribution in [3.63, 3.8) is 0 Å². The number of aromatic nitrogens is 2. The highest BCUT2D eigenvalue weighted by Gasteiger charge is 2.12. The van der Waals surface area contributed by atoms with Crippen LogP contribution in [0.4, 0.5) is 11.4 Å². The molecule has 2 aromatic rings. The van der Waals surface area contributed by atoms with Crippen molar-refractivity contribution in [3.05, 3.63) is 51.4 Å². The van der Waals surface area contributed by atoms with Gasteiger partial charge in [0.25, 0.3) is 5.56 Å². The van der Waals surface area contributed by atoms with Crippen LogP contribution in [-0.4, -0.2) is 21.5 Å². The number of nitrogens with one attached hydrogen (secondary N) is 1. The first kappa shape index (κ1) is 15.3. The third kappa shape index (κ3) is 3.53. The molecular weight excluding hydrogens is 292 g/mol. The van der Waals surface area contributed by atoms with Gasteiger partial charge in [-0.05, 0) is 24.6 Å². The second-order valence-corrected chi connectivity index (χ2v) is 5.03. The molecule has 0 radical (unpaired) electrons. The van der Waals surface area contributed by atoms with Crippen LogP contribution >= 0.6 is 11.6 Å². The number of hydrogen-bond acceptors (Lipinski definition) is 5. The van der Waals surface area contributed by atoms with Crippen molar-refractivity contribution < 1.29 is 5.11 Å². The molecule has 1 atom stereocenters. The molecule has 1 unspecified atom stereocenters. The van der Waals surface area contributed by atoms with E-state index in [0.717, 1.165) is 10.2 Å². The van der Waals surface area contributed by atoms with Gasteiger partial charge in [-0.25, -0.2) is 4.68 Å². The lowest BCUT2D eigenvalue weighted by molar-refractivity contribution is 0.266. The SMILES string of the molecule is CC(Nc1cnn(CCO)c(=O)c1Cl)c1ccc(N)cc1. The van der Waals surface area contributed by atoms with Crippen LogP contribution in [0.3, 0.4) is 0 Å². The van der Waals surface area contributed by atoms with Crippen LogP contribution in [-0.2, 0) is 6.54 Å². The fourth-order valence-corrected chi connectivity index (χ4v) is 2.12. The first-order chi connectivity index (χ1) is 10.0. The zero-order valence-corrected chi connectivity index (χ0v) is 12.3. The normalized spacial score (nSPS) is 12.1. The van der Waals surface area contributed by atoms with E-state index in [-0.39, 0.29) is 24.2 Å². The van der Waals surface area contributed by atoms with E-state index in [0.29, 0.717) is 11.4 Å². The van der Waals surface area contributed by atoms with Gasteiger partial charge in [0.1, 0.15) is 5.02 Å². The molecule has 4 N–H and O–H groups in total. The Hall–Kier alpha value is -2.05. The Bertz CT molecular complexity index is 670. The molecule has 6 nitrogen and oxygen atoms in total. The molecule has 1 heterocycles. The van der Waals surface area contributed by atoms with Crippen LogP contribution in [0.2, 0.25) is 5.02 Å². The van der Waals surface area contributed by atoms with Crippen LogP contribution in [0.1, 0.15) is 18.5 Å². The minimum Gasteiger partial charge on any atom is -0.399 e. The molecule has 0 aliphatic carbocycles. The smallest absolute Gasteiger partial charge is 0.287 e. The average Bonchev–Trinajstić information content (AvgIpc) is 2.47. The summed E-state index contributed by atoms with van der Waals surface area (Å²) in [5.41, 5.74) is 7.39. The monoisotopic (exact) mass is 308 g/mol. The summed E-state index contributed by atoms with van der Waals surface area (Å²) in [4.78, 5) is 11.9. The molecule has 1 aromatic carbocycles. The number of benzene rings is 1. The van der Waals surface area contributed by atoms with Crippen LogP contribution in [0, 0.1) is 0 Å². The molecule has 21 heavy (non-hydrogen) atoms. The first-order valence-electron chi connectivity index (χ1n) is 6.51. The van der Waals surface area contributed by atoms with Gasteiger partial charge in [-0.15, -0.1) is 0 Å². The van der Waals surface area contributed by atoms with Gasteiger partial charge in [0.2, 0.25) is 0 Å². The molecule has 0 fully saturated rings. The lowest BCUT2D eigenvalue weighted by Gasteiger charge is -2.17. The molecule has 1 aromatic heterocycles. The van der Waals surface area contributed by atoms with Crippen LogP contribution in [0.25, 0.3) is 0 Å². The van der Waals surface area contributed by atoms with Crippen LogP contribution in [0.15, 0.2) is 35.3 Å². The number of aliphatic hydroxyl groups is 1. The minimum atomic E-state index is -0.430. The van der Waals surface area contributed by atoms with Crippen molar-refractivity contribution in [2.75, 3.05) is 17.7 Å². The van der Waals surface area contributed by atoms with E-state index < -0.39 is 5.56 Å². The van der Waals surface area contributed by atoms with Gasteiger partial charge < -0.3 is 16.2 Å². The quantitative estimate of drug-likeness (QED) is 0.730. The lowest BCUT2D eigenvalue weighted by Crippen LogP contribution is -2.26. The van der Waals surface area contributed by atoms with E-state index in [1.807, 2.05) is 31.2 Å². The number of aliphatic hydroxyl groups excluding tert-OH is 1. The molecule has 2 rings (SSSR count). The number of halogens is 1. The molecule has 0 spiro atoms. The van der Waals surface area contributed by atoms with Gasteiger partial charge in [0.15, 0.2) is 0 Å². The van der Waals surface area contributed by atoms with Gasteiger partial charge in [-0.3, -0.25) is 4.79 Å². The highest BCUT2D eigenvalue weighted by Crippen LogP contribution is 2.23. The summed E-state index contributed by atoms with van der Waals surface area (Å²) in [6, 6.07) is 7.37. The number of anilines is 2. The zero-order valence-electron chi connectivity index (χ0n) is 11.6. The van der Waals surface area contributed by atoms with Crippen LogP contribution < -0.4 is 16.6 Å². The third-order valence-corrected chi connectivity index (χ3v) is 3.47. The summed E-state index contributed by atoms with van der Waals surface area (Å²) >= 11 is 6.05. The predicted octanol–water partition coefficient (Wildman–Crippen LogP) is 1.64. The Morgan fingerprint density at radius 2 is 2.10 bits per heavy atom. The summed E-state index contributed by atoms with van der Waals surface area (Å²) in [5.74, 6) is 0. The topological polar surface area (TPSA) is 93.2 Å². The number of nitrogens with two attached hydrogens (primary N) is 1. The molecule has 0 amide bonds. The van der Waals surface area contributed by atoms with E-state index in [1.54, 1.807) is 0 Å². The Morgan fingerprint density at radius 3 is 2.71 bits per heavy atom. The summed E-state index contributed by atoms with van der Waals surface area (Å²) in [7, 11) is 0. The maximum atomic E-state index is 11.9. The highest BCUT2D eigenvalue weighted by atomic mass is 35.5. The first-order valence-corrected chi connectivity index (χ1v) is 6.89. The summed E-state index contributed by atoms with van der Waals surface area (Å²) in [6.45, 7) is 1.89. The number of nitrogen functional groups attached to an aromatic ring is 1. The van der Waals surface area contributed by atoms with Crippen molar-refractivity contribution in [3.8, 4) is 0 Å². The van der Waals surface area contributed by atoms with E-state index in [4.69, 9.17) is 22.4 Å². The van der Waals surface area contributed by atoms with Gasteiger partial charge in [-0.2, -0.15) is 5.10 Å². The van der Waals surface area contributed by atoms with Gasteiger partial charge in [-0.1, -0.05) is 23.7 Å². The van der Waals surface area contributed by atoms with Crippen LogP contribution in [0.5, 0.6) is 0 Å². The van der Waals surface area contributed by atoms with E-state index >= 15 is 0 Å². The lowest BCUT2D eigenvalue weighted by atomic mass is 10.1. The fraction of sp³-hybridized carbons (Fsp3) is 0.286. The van der Waals surface area contributed by atoms with Crippen molar-refractivity contribution in [1.82, 2.24) is 9.78 Å². The number of rotatable bonds is 5. The molecule has 0 saturated carbocycles. The summed E-state index contributed by atoms with van der Waals surface area (Å²) in [5, 5.41) is 16.0. The van der Waals surface area contributed by atoms with Crippen molar-refractivity contribution in [2.45, 2.75) is 19.5 Å². The maximum Gasteiger partial charge on any atom is 0.287 e. The molecule has 7 heteroatoms. The van der Waals surface area contributed by atoms with Gasteiger partial charge >= 0.3 is 0 Å². The average molecular weight is 309 g/mol. The van der Waals surface area contributed by atoms with Gasteiger partial charge in [0.05, 0.1) is 25.0 Å². The van der Waals surface area contributed by atoms with Crippen molar-refractivity contribution in [1.29, 1.82) is 0 Å². The largest absolute Gasteiger partial charge is 0.399 e. The molecule has 0 aliphatic heterocycles. The fourth-order valence-electron chi connectivity index (χ4n) is 1.92. The van der Waals surface area contributed by atoms with E-state index in [1.165, 1.54) is 6.20 Å². The Labute approximate surface area is 127 Å². The summed E-state index contributed by atoms with van der Waals surface area (Å²) < 4.78 is 1.13. The maximum absolute atomic E-state index is 11.9. The van der Waals surface area contributed by atoms with Gasteiger partial charge in [0, 0.05) is 11.7 Å². The molecule has 112 valence electrons. The second kappa shape index (κ2) is 6.60. The van der Waals surface area contributed by atoms with Crippen molar-refractivity contribution in [2.24, 2.45) is 0 Å². The molecule has 0 saturated heterocycles. The third-order valence-electron chi connectivity index (χ3n) is 3.11. The minimum absolute atomic E-state index is 0.0562. The predicted molar refractivity (Wildman–Crippen MR) is 83.5 cm³/mol. The Balaban J connectivity index is 2.21. The number of hydrogen-bond donors (Lipinski definition) is 3. The highest BCUT2D eigenvalue weighted by molar-refractivity contribution is 6.32. The zero-order chi connectivity index (χ0) is 15.4. The van der Waals surface area contributed by atoms with E-state index in [9.17, 15) is 4.79 Å². The van der Waals surface area contributed by atoms with E-state index in [2.05, 4.69) is 10.4 Å². The molecule has 0 bridgehead atoms. The number of nitrogens with zero attached hydrogens (tertiary/aromatic N) is 2. The summed E-state index contributed by atoms with van der Waals surface area (Å²) in [6.07, 6.45) is 1.48. The second-order valence-electron chi connectivity index (χ2n) is 4.66. The Kier molecular flexibility index (Phi) is 4.82. The molecule has 0 aliphatic rings. The molecular formula is C14H17ClN4O2. The Morgan fingerprint density at radius 1 is 1.43 bits per heavy atom. The van der Waals surface area contributed by atoms with Crippen molar-refractivity contribution >= 4 is 23.0 Å². The standard InChI is InChI=1S/C14H17ClN4O2/c1-9(10-2-4-11(16)5-3-10)18-12-8-17-19(6-7-20)14(21)13(12)15/h2-5,8-9,18,20H,6-7,16H2,1H3.